The van der Waals surface area contributed by atoms with Gasteiger partial charge in [-0.1, -0.05) is 24.3 Å². The van der Waals surface area contributed by atoms with E-state index >= 15 is 0 Å². The van der Waals surface area contributed by atoms with Crippen LogP contribution in [0.3, 0.4) is 0 Å². The van der Waals surface area contributed by atoms with Crippen molar-refractivity contribution in [1.82, 2.24) is 0 Å². The molecule has 0 heterocycles. The van der Waals surface area contributed by atoms with Crippen molar-refractivity contribution in [2.45, 2.75) is 0 Å². The fraction of sp³-hybridized carbons (Fsp3) is 0.143. The summed E-state index contributed by atoms with van der Waals surface area (Å²) in [5.74, 6) is 0. The SMILES string of the molecule is CNc1ccc(-c2ccc(NS(C)(=O)=O)cc2)cc1. The molecule has 100 valence electrons. The average Bonchev–Trinajstić information content (AvgIpc) is 2.38. The van der Waals surface area contributed by atoms with Gasteiger partial charge < -0.3 is 5.32 Å². The molecule has 0 atom stereocenters. The first-order valence-electron chi connectivity index (χ1n) is 5.84. The lowest BCUT2D eigenvalue weighted by Crippen LogP contribution is -2.09. The minimum Gasteiger partial charge on any atom is -0.388 e. The molecule has 0 amide bonds. The van der Waals surface area contributed by atoms with Crippen LogP contribution >= 0.6 is 0 Å². The molecule has 0 fully saturated rings. The molecule has 0 bridgehead atoms. The fourth-order valence-corrected chi connectivity index (χ4v) is 2.34. The van der Waals surface area contributed by atoms with Crippen molar-refractivity contribution in [2.24, 2.45) is 0 Å². The van der Waals surface area contributed by atoms with Gasteiger partial charge in [-0.05, 0) is 35.4 Å². The third-order valence-corrected chi connectivity index (χ3v) is 3.30. The Morgan fingerprint density at radius 3 is 1.58 bits per heavy atom. The minimum atomic E-state index is -3.22. The van der Waals surface area contributed by atoms with Crippen LogP contribution in [-0.2, 0) is 10.0 Å². The standard InChI is InChI=1S/C14H16N2O2S/c1-15-13-7-3-11(4-8-13)12-5-9-14(10-6-12)16-19(2,17)18/h3-10,15-16H,1-2H3. The van der Waals surface area contributed by atoms with Crippen LogP contribution in [0.25, 0.3) is 11.1 Å². The van der Waals surface area contributed by atoms with Crippen molar-refractivity contribution in [2.75, 3.05) is 23.3 Å². The van der Waals surface area contributed by atoms with Crippen LogP contribution in [0.5, 0.6) is 0 Å². The molecule has 2 rings (SSSR count). The van der Waals surface area contributed by atoms with E-state index in [0.717, 1.165) is 23.1 Å². The highest BCUT2D eigenvalue weighted by Gasteiger charge is 2.02. The van der Waals surface area contributed by atoms with E-state index in [1.54, 1.807) is 12.1 Å². The van der Waals surface area contributed by atoms with Gasteiger partial charge in [0.15, 0.2) is 0 Å². The van der Waals surface area contributed by atoms with Gasteiger partial charge in [0.1, 0.15) is 0 Å². The average molecular weight is 276 g/mol. The first kappa shape index (κ1) is 13.4. The van der Waals surface area contributed by atoms with Gasteiger partial charge in [0.05, 0.1) is 6.26 Å². The predicted octanol–water partition coefficient (Wildman–Crippen LogP) is 2.77. The molecule has 2 N–H and O–H groups in total. The molecule has 0 saturated carbocycles. The van der Waals surface area contributed by atoms with Crippen LogP contribution in [0.4, 0.5) is 11.4 Å². The summed E-state index contributed by atoms with van der Waals surface area (Å²) in [6.07, 6.45) is 1.14. The van der Waals surface area contributed by atoms with Crippen molar-refractivity contribution in [3.05, 3.63) is 48.5 Å². The van der Waals surface area contributed by atoms with Crippen molar-refractivity contribution >= 4 is 21.4 Å². The number of hydrogen-bond acceptors (Lipinski definition) is 3. The molecule has 0 unspecified atom stereocenters. The molecular weight excluding hydrogens is 260 g/mol. The van der Waals surface area contributed by atoms with Crippen molar-refractivity contribution in [1.29, 1.82) is 0 Å². The molecule has 4 nitrogen and oxygen atoms in total. The number of anilines is 2. The van der Waals surface area contributed by atoms with Gasteiger partial charge in [-0.2, -0.15) is 0 Å². The topological polar surface area (TPSA) is 58.2 Å². The summed E-state index contributed by atoms with van der Waals surface area (Å²) in [6, 6.07) is 15.3. The Morgan fingerprint density at radius 2 is 1.21 bits per heavy atom. The smallest absolute Gasteiger partial charge is 0.229 e. The van der Waals surface area contributed by atoms with Crippen LogP contribution in [0.15, 0.2) is 48.5 Å². The van der Waals surface area contributed by atoms with Crippen LogP contribution in [0.1, 0.15) is 0 Å². The Hall–Kier alpha value is -2.01. The van der Waals surface area contributed by atoms with Gasteiger partial charge >= 0.3 is 0 Å². The molecule has 2 aromatic rings. The van der Waals surface area contributed by atoms with E-state index in [2.05, 4.69) is 10.0 Å². The third kappa shape index (κ3) is 3.72. The molecule has 19 heavy (non-hydrogen) atoms. The summed E-state index contributed by atoms with van der Waals surface area (Å²) < 4.78 is 24.7. The highest BCUT2D eigenvalue weighted by atomic mass is 32.2. The minimum absolute atomic E-state index is 0.568. The van der Waals surface area contributed by atoms with Crippen LogP contribution in [0.2, 0.25) is 0 Å². The summed E-state index contributed by atoms with van der Waals surface area (Å²) in [7, 11) is -1.35. The van der Waals surface area contributed by atoms with Crippen LogP contribution < -0.4 is 10.0 Å². The Morgan fingerprint density at radius 1 is 0.789 bits per heavy atom. The Labute approximate surface area is 113 Å². The first-order valence-corrected chi connectivity index (χ1v) is 7.73. The molecule has 0 aliphatic carbocycles. The summed E-state index contributed by atoms with van der Waals surface area (Å²) in [4.78, 5) is 0. The molecule has 2 aromatic carbocycles. The Bertz CT molecular complexity index is 647. The Balaban J connectivity index is 2.22. The number of nitrogens with one attached hydrogen (secondary N) is 2. The van der Waals surface area contributed by atoms with E-state index in [-0.39, 0.29) is 0 Å². The molecular formula is C14H16N2O2S. The van der Waals surface area contributed by atoms with E-state index in [4.69, 9.17) is 0 Å². The zero-order valence-corrected chi connectivity index (χ0v) is 11.7. The van der Waals surface area contributed by atoms with Crippen molar-refractivity contribution < 1.29 is 8.42 Å². The predicted molar refractivity (Wildman–Crippen MR) is 79.9 cm³/mol. The zero-order valence-electron chi connectivity index (χ0n) is 10.8. The van der Waals surface area contributed by atoms with E-state index in [1.807, 2.05) is 43.4 Å². The summed E-state index contributed by atoms with van der Waals surface area (Å²) >= 11 is 0. The summed E-state index contributed by atoms with van der Waals surface area (Å²) in [5, 5.41) is 3.06. The zero-order chi connectivity index (χ0) is 13.9. The lowest BCUT2D eigenvalue weighted by Gasteiger charge is -2.07. The molecule has 5 heteroatoms. The normalized spacial score (nSPS) is 11.1. The molecule has 0 spiro atoms. The van der Waals surface area contributed by atoms with Gasteiger partial charge in [-0.3, -0.25) is 4.72 Å². The van der Waals surface area contributed by atoms with E-state index in [0.29, 0.717) is 5.69 Å². The number of benzene rings is 2. The largest absolute Gasteiger partial charge is 0.388 e. The maximum atomic E-state index is 11.1. The van der Waals surface area contributed by atoms with Crippen molar-refractivity contribution in [3.8, 4) is 11.1 Å². The van der Waals surface area contributed by atoms with E-state index < -0.39 is 10.0 Å². The number of rotatable bonds is 4. The van der Waals surface area contributed by atoms with Crippen LogP contribution in [-0.4, -0.2) is 21.7 Å². The molecule has 0 aliphatic rings. The number of hydrogen-bond donors (Lipinski definition) is 2. The second-order valence-corrected chi connectivity index (χ2v) is 6.03. The molecule has 0 saturated heterocycles. The van der Waals surface area contributed by atoms with Gasteiger partial charge in [-0.25, -0.2) is 8.42 Å². The summed E-state index contributed by atoms with van der Waals surface area (Å²) in [5.41, 5.74) is 3.75. The second-order valence-electron chi connectivity index (χ2n) is 4.28. The Kier molecular flexibility index (Phi) is 3.76. The molecule has 0 aromatic heterocycles. The lowest BCUT2D eigenvalue weighted by atomic mass is 10.1. The highest BCUT2D eigenvalue weighted by molar-refractivity contribution is 7.92. The highest BCUT2D eigenvalue weighted by Crippen LogP contribution is 2.23. The van der Waals surface area contributed by atoms with Crippen molar-refractivity contribution in [3.63, 3.8) is 0 Å². The first-order chi connectivity index (χ1) is 8.98. The van der Waals surface area contributed by atoms with Gasteiger partial charge in [-0.15, -0.1) is 0 Å². The van der Waals surface area contributed by atoms with E-state index in [9.17, 15) is 8.42 Å². The van der Waals surface area contributed by atoms with Gasteiger partial charge in [0, 0.05) is 18.4 Å². The van der Waals surface area contributed by atoms with Gasteiger partial charge in [0.2, 0.25) is 10.0 Å². The fourth-order valence-electron chi connectivity index (χ4n) is 1.77. The molecule has 0 radical (unpaired) electrons. The monoisotopic (exact) mass is 276 g/mol. The maximum absolute atomic E-state index is 11.1. The van der Waals surface area contributed by atoms with Crippen LogP contribution in [0, 0.1) is 0 Å². The number of sulfonamides is 1. The maximum Gasteiger partial charge on any atom is 0.229 e. The summed E-state index contributed by atoms with van der Waals surface area (Å²) in [6.45, 7) is 0. The quantitative estimate of drug-likeness (QED) is 0.902. The third-order valence-electron chi connectivity index (χ3n) is 2.70. The second kappa shape index (κ2) is 5.32. The lowest BCUT2D eigenvalue weighted by molar-refractivity contribution is 0.607. The van der Waals surface area contributed by atoms with Gasteiger partial charge in [0.25, 0.3) is 0 Å². The molecule has 0 aliphatic heterocycles. The van der Waals surface area contributed by atoms with E-state index in [1.165, 1.54) is 0 Å².